The van der Waals surface area contributed by atoms with Crippen molar-refractivity contribution in [1.82, 2.24) is 5.32 Å². The zero-order chi connectivity index (χ0) is 18.7. The monoisotopic (exact) mass is 351 g/mol. The minimum atomic E-state index is -2.40. The van der Waals surface area contributed by atoms with Crippen molar-refractivity contribution >= 4 is 12.1 Å². The van der Waals surface area contributed by atoms with Gasteiger partial charge in [-0.25, -0.2) is 22.8 Å². The molecule has 1 N–H and O–H groups in total. The number of esters is 1. The Balaban J connectivity index is 3.03. The lowest BCUT2D eigenvalue weighted by molar-refractivity contribution is -0.140. The van der Waals surface area contributed by atoms with E-state index in [1.807, 2.05) is 11.2 Å². The van der Waals surface area contributed by atoms with Crippen molar-refractivity contribution in [2.75, 3.05) is 6.61 Å². The Labute approximate surface area is 132 Å². The summed E-state index contributed by atoms with van der Waals surface area (Å²) in [6, 6.07) is 0. The molecule has 0 atom stereocenters. The van der Waals surface area contributed by atoms with Crippen molar-refractivity contribution in [2.24, 2.45) is 0 Å². The van der Waals surface area contributed by atoms with E-state index in [2.05, 4.69) is 9.47 Å². The van der Waals surface area contributed by atoms with E-state index in [0.29, 0.717) is 0 Å². The van der Waals surface area contributed by atoms with Gasteiger partial charge >= 0.3 is 12.1 Å². The van der Waals surface area contributed by atoms with Crippen LogP contribution in [-0.2, 0) is 9.53 Å². The summed E-state index contributed by atoms with van der Waals surface area (Å²) in [5, 5.41) is 1.95. The molecule has 130 valence electrons. The van der Waals surface area contributed by atoms with E-state index in [9.17, 15) is 31.5 Å². The number of hydrogen-bond donors (Lipinski definition) is 1. The molecule has 0 spiro atoms. The van der Waals surface area contributed by atoms with Gasteiger partial charge in [-0.3, -0.25) is 0 Å². The maximum Gasteiger partial charge on any atom is 0.409 e. The van der Waals surface area contributed by atoms with Gasteiger partial charge in [-0.15, -0.1) is 6.42 Å². The first kappa shape index (κ1) is 19.2. The third-order valence-corrected chi connectivity index (χ3v) is 2.58. The zero-order valence-corrected chi connectivity index (χ0v) is 12.3. The van der Waals surface area contributed by atoms with E-state index in [1.54, 1.807) is 0 Å². The Hall–Kier alpha value is -2.83. The maximum absolute atomic E-state index is 13.4. The zero-order valence-electron chi connectivity index (χ0n) is 12.3. The lowest BCUT2D eigenvalue weighted by Gasteiger charge is -2.23. The molecule has 0 radical (unpaired) electrons. The third kappa shape index (κ3) is 3.92. The van der Waals surface area contributed by atoms with Crippen LogP contribution in [0.5, 0.6) is 5.75 Å². The van der Waals surface area contributed by atoms with Crippen molar-refractivity contribution in [3.8, 4) is 18.1 Å². The number of benzene rings is 1. The molecule has 0 aliphatic rings. The molecule has 0 heterocycles. The minimum absolute atomic E-state index is 0.422. The van der Waals surface area contributed by atoms with Crippen LogP contribution in [0.25, 0.3) is 0 Å². The highest BCUT2D eigenvalue weighted by molar-refractivity contribution is 5.86. The van der Waals surface area contributed by atoms with Gasteiger partial charge in [0.25, 0.3) is 0 Å². The molecule has 1 rings (SSSR count). The number of hydrogen-bond acceptors (Lipinski definition) is 4. The molecule has 0 unspecified atom stereocenters. The molecule has 5 nitrogen and oxygen atoms in total. The summed E-state index contributed by atoms with van der Waals surface area (Å²) in [7, 11) is 0. The van der Waals surface area contributed by atoms with Crippen LogP contribution in [0, 0.1) is 41.4 Å². The van der Waals surface area contributed by atoms with E-state index >= 15 is 0 Å². The number of nitrogens with one attached hydrogen (secondary N) is 1. The van der Waals surface area contributed by atoms with Crippen LogP contribution < -0.4 is 10.1 Å². The molecule has 10 heteroatoms. The predicted molar refractivity (Wildman–Crippen MR) is 69.3 cm³/mol. The molecule has 0 fully saturated rings. The molecule has 0 bridgehead atoms. The normalized spacial score (nSPS) is 10.8. The number of carbonyl (C=O) groups is 2. The van der Waals surface area contributed by atoms with E-state index in [1.165, 1.54) is 0 Å². The van der Waals surface area contributed by atoms with Crippen LogP contribution in [0.15, 0.2) is 0 Å². The van der Waals surface area contributed by atoms with Gasteiger partial charge in [0.05, 0.1) is 0 Å². The topological polar surface area (TPSA) is 64.6 Å². The first-order chi connectivity index (χ1) is 11.0. The fourth-order valence-electron chi connectivity index (χ4n) is 1.34. The molecular formula is C14H10F5NO4. The minimum Gasteiger partial charge on any atom is -0.436 e. The van der Waals surface area contributed by atoms with Crippen LogP contribution in [-0.4, -0.2) is 24.2 Å². The van der Waals surface area contributed by atoms with Gasteiger partial charge in [-0.2, -0.15) is 8.78 Å². The number of carbonyl (C=O) groups excluding carboxylic acids is 2. The fourth-order valence-corrected chi connectivity index (χ4v) is 1.34. The number of halogens is 5. The number of terminal acetylenes is 1. The number of rotatable bonds is 4. The van der Waals surface area contributed by atoms with E-state index in [0.717, 1.165) is 13.8 Å². The SMILES string of the molecule is C#CCOC(=O)NC(C)(C)C(=O)Oc1c(F)c(F)c(F)c(F)c1F. The Bertz CT molecular complexity index is 698. The van der Waals surface area contributed by atoms with Gasteiger partial charge in [0.2, 0.25) is 34.8 Å². The summed E-state index contributed by atoms with van der Waals surface area (Å²) < 4.78 is 74.5. The van der Waals surface area contributed by atoms with Crippen LogP contribution in [0.3, 0.4) is 0 Å². The second-order valence-electron chi connectivity index (χ2n) is 4.82. The lowest BCUT2D eigenvalue weighted by atomic mass is 10.1. The largest absolute Gasteiger partial charge is 0.436 e. The Morgan fingerprint density at radius 2 is 1.50 bits per heavy atom. The van der Waals surface area contributed by atoms with Crippen molar-refractivity contribution in [3.63, 3.8) is 0 Å². The van der Waals surface area contributed by atoms with Gasteiger partial charge in [0.15, 0.2) is 6.61 Å². The maximum atomic E-state index is 13.4. The van der Waals surface area contributed by atoms with Crippen LogP contribution in [0.4, 0.5) is 26.7 Å². The first-order valence-corrected chi connectivity index (χ1v) is 6.15. The predicted octanol–water partition coefficient (Wildman–Crippen LogP) is 2.43. The molecule has 0 aliphatic heterocycles. The van der Waals surface area contributed by atoms with Gasteiger partial charge in [0, 0.05) is 0 Å². The van der Waals surface area contributed by atoms with Gasteiger partial charge in [-0.1, -0.05) is 5.92 Å². The fraction of sp³-hybridized carbons (Fsp3) is 0.286. The number of ether oxygens (including phenoxy) is 2. The quantitative estimate of drug-likeness (QED) is 0.226. The lowest BCUT2D eigenvalue weighted by Crippen LogP contribution is -2.52. The van der Waals surface area contributed by atoms with Gasteiger partial charge in [-0.05, 0) is 13.8 Å². The molecule has 1 aromatic carbocycles. The summed E-state index contributed by atoms with van der Waals surface area (Å²) in [4.78, 5) is 23.2. The van der Waals surface area contributed by atoms with Crippen molar-refractivity contribution in [3.05, 3.63) is 29.1 Å². The van der Waals surface area contributed by atoms with Gasteiger partial charge in [0.1, 0.15) is 5.54 Å². The highest BCUT2D eigenvalue weighted by Gasteiger charge is 2.36. The second-order valence-corrected chi connectivity index (χ2v) is 4.82. The number of amides is 1. The van der Waals surface area contributed by atoms with E-state index in [4.69, 9.17) is 6.42 Å². The summed E-state index contributed by atoms with van der Waals surface area (Å²) >= 11 is 0. The van der Waals surface area contributed by atoms with E-state index in [-0.39, 0.29) is 0 Å². The standard InChI is InChI=1S/C14H10F5NO4/c1-4-5-23-13(22)20-14(2,3)12(21)24-11-9(18)7(16)6(15)8(17)10(11)19/h1H,5H2,2-3H3,(H,20,22). The van der Waals surface area contributed by atoms with Crippen molar-refractivity contribution < 1.29 is 41.0 Å². The highest BCUT2D eigenvalue weighted by Crippen LogP contribution is 2.29. The average molecular weight is 351 g/mol. The summed E-state index contributed by atoms with van der Waals surface area (Å²) in [5.41, 5.74) is -1.92. The summed E-state index contributed by atoms with van der Waals surface area (Å²) in [6.45, 7) is 1.66. The third-order valence-electron chi connectivity index (χ3n) is 2.58. The molecule has 0 aromatic heterocycles. The summed E-state index contributed by atoms with van der Waals surface area (Å²) in [6.07, 6.45) is 3.68. The van der Waals surface area contributed by atoms with Crippen LogP contribution >= 0.6 is 0 Å². The Morgan fingerprint density at radius 3 is 1.96 bits per heavy atom. The summed E-state index contributed by atoms with van der Waals surface area (Å²) in [5.74, 6) is -13.0. The molecule has 24 heavy (non-hydrogen) atoms. The Morgan fingerprint density at radius 1 is 1.04 bits per heavy atom. The van der Waals surface area contributed by atoms with Crippen LogP contribution in [0.1, 0.15) is 13.8 Å². The smallest absolute Gasteiger partial charge is 0.409 e. The molecule has 0 saturated carbocycles. The molecule has 1 amide bonds. The first-order valence-electron chi connectivity index (χ1n) is 6.15. The van der Waals surface area contributed by atoms with Gasteiger partial charge < -0.3 is 14.8 Å². The average Bonchev–Trinajstić information content (AvgIpc) is 2.52. The molecule has 1 aromatic rings. The molecule has 0 aliphatic carbocycles. The Kier molecular flexibility index (Phi) is 5.73. The highest BCUT2D eigenvalue weighted by atomic mass is 19.2. The van der Waals surface area contributed by atoms with Crippen LogP contribution in [0.2, 0.25) is 0 Å². The molecular weight excluding hydrogens is 341 g/mol. The second kappa shape index (κ2) is 7.16. The molecule has 0 saturated heterocycles. The van der Waals surface area contributed by atoms with E-state index < -0.39 is 59.0 Å². The van der Waals surface area contributed by atoms with Crippen molar-refractivity contribution in [1.29, 1.82) is 0 Å². The number of alkyl carbamates (subject to hydrolysis) is 1. The van der Waals surface area contributed by atoms with Crippen molar-refractivity contribution in [2.45, 2.75) is 19.4 Å².